The number of nitriles is 1. The first-order chi connectivity index (χ1) is 11.0. The van der Waals surface area contributed by atoms with E-state index in [1.54, 1.807) is 41.3 Å². The molecule has 1 unspecified atom stereocenters. The smallest absolute Gasteiger partial charge is 0.256 e. The van der Waals surface area contributed by atoms with E-state index in [0.29, 0.717) is 17.7 Å². The number of amides is 1. The van der Waals surface area contributed by atoms with Gasteiger partial charge in [-0.3, -0.25) is 4.79 Å². The molecule has 1 atom stereocenters. The van der Waals surface area contributed by atoms with E-state index >= 15 is 0 Å². The maximum Gasteiger partial charge on any atom is 0.256 e. The molecule has 0 saturated carbocycles. The average molecular weight is 308 g/mol. The molecular formula is C19H20N2O2. The van der Waals surface area contributed by atoms with Crippen molar-refractivity contribution in [2.75, 3.05) is 0 Å². The molecule has 0 aliphatic rings. The molecule has 2 aromatic rings. The van der Waals surface area contributed by atoms with Crippen LogP contribution in [-0.2, 0) is 11.3 Å². The first-order valence-electron chi connectivity index (χ1n) is 7.55. The molecule has 4 heteroatoms. The summed E-state index contributed by atoms with van der Waals surface area (Å²) >= 11 is 0. The minimum absolute atomic E-state index is 0.0449. The third kappa shape index (κ3) is 4.18. The molecule has 1 N–H and O–H groups in total. The molecule has 23 heavy (non-hydrogen) atoms. The van der Waals surface area contributed by atoms with Gasteiger partial charge in [-0.15, -0.1) is 0 Å². The zero-order chi connectivity index (χ0) is 16.8. The summed E-state index contributed by atoms with van der Waals surface area (Å²) in [6, 6.07) is 18.1. The maximum absolute atomic E-state index is 12.6. The van der Waals surface area contributed by atoms with Crippen LogP contribution in [-0.4, -0.2) is 22.0 Å². The maximum atomic E-state index is 12.6. The van der Waals surface area contributed by atoms with Crippen molar-refractivity contribution in [3.63, 3.8) is 0 Å². The van der Waals surface area contributed by atoms with E-state index in [4.69, 9.17) is 5.26 Å². The minimum Gasteiger partial charge on any atom is -0.378 e. The number of carbonyl (C=O) groups is 1. The van der Waals surface area contributed by atoms with E-state index in [9.17, 15) is 9.90 Å². The van der Waals surface area contributed by atoms with Crippen molar-refractivity contribution < 1.29 is 9.90 Å². The van der Waals surface area contributed by atoms with E-state index in [1.807, 2.05) is 32.0 Å². The van der Waals surface area contributed by atoms with Crippen LogP contribution in [0.25, 0.3) is 0 Å². The van der Waals surface area contributed by atoms with Crippen molar-refractivity contribution in [2.45, 2.75) is 32.5 Å². The molecule has 0 radical (unpaired) electrons. The standard InChI is InChI=1S/C19H20N2O2/c1-14(2)21(13-16-10-8-15(12-20)9-11-16)19(23)18(22)17-6-4-3-5-7-17/h3-11,14,18,22H,13H2,1-2H3. The molecule has 0 bridgehead atoms. The molecule has 0 saturated heterocycles. The van der Waals surface area contributed by atoms with Gasteiger partial charge < -0.3 is 10.0 Å². The van der Waals surface area contributed by atoms with Gasteiger partial charge in [0.15, 0.2) is 6.10 Å². The second-order valence-electron chi connectivity index (χ2n) is 5.68. The first kappa shape index (κ1) is 16.7. The summed E-state index contributed by atoms with van der Waals surface area (Å²) in [4.78, 5) is 14.3. The van der Waals surface area contributed by atoms with Crippen molar-refractivity contribution in [1.29, 1.82) is 5.26 Å². The van der Waals surface area contributed by atoms with Crippen molar-refractivity contribution in [2.24, 2.45) is 0 Å². The summed E-state index contributed by atoms with van der Waals surface area (Å²) in [5.74, 6) is -0.324. The Kier molecular flexibility index (Phi) is 5.51. The Morgan fingerprint density at radius 3 is 2.26 bits per heavy atom. The Bertz CT molecular complexity index is 688. The van der Waals surface area contributed by atoms with Crippen molar-refractivity contribution in [3.05, 3.63) is 71.3 Å². The highest BCUT2D eigenvalue weighted by atomic mass is 16.3. The van der Waals surface area contributed by atoms with Crippen molar-refractivity contribution >= 4 is 5.91 Å². The van der Waals surface area contributed by atoms with Crippen LogP contribution < -0.4 is 0 Å². The van der Waals surface area contributed by atoms with Gasteiger partial charge in [0, 0.05) is 12.6 Å². The van der Waals surface area contributed by atoms with Gasteiger partial charge in [0.05, 0.1) is 11.6 Å². The zero-order valence-electron chi connectivity index (χ0n) is 13.3. The van der Waals surface area contributed by atoms with Crippen LogP contribution in [0.2, 0.25) is 0 Å². The lowest BCUT2D eigenvalue weighted by Crippen LogP contribution is -2.39. The number of rotatable bonds is 5. The predicted molar refractivity (Wildman–Crippen MR) is 88.2 cm³/mol. The summed E-state index contributed by atoms with van der Waals surface area (Å²) in [5.41, 5.74) is 2.09. The summed E-state index contributed by atoms with van der Waals surface area (Å²) in [5, 5.41) is 19.2. The van der Waals surface area contributed by atoms with Crippen LogP contribution in [0.15, 0.2) is 54.6 Å². The summed E-state index contributed by atoms with van der Waals surface area (Å²) < 4.78 is 0. The lowest BCUT2D eigenvalue weighted by atomic mass is 10.1. The van der Waals surface area contributed by atoms with Gasteiger partial charge in [0.1, 0.15) is 0 Å². The molecule has 2 aromatic carbocycles. The zero-order valence-corrected chi connectivity index (χ0v) is 13.3. The Morgan fingerprint density at radius 2 is 1.74 bits per heavy atom. The number of hydrogen-bond acceptors (Lipinski definition) is 3. The molecule has 0 spiro atoms. The summed E-state index contributed by atoms with van der Waals surface area (Å²) in [6.07, 6.45) is -1.17. The van der Waals surface area contributed by atoms with Crippen LogP contribution >= 0.6 is 0 Å². The Morgan fingerprint density at radius 1 is 1.13 bits per heavy atom. The second-order valence-corrected chi connectivity index (χ2v) is 5.68. The number of benzene rings is 2. The van der Waals surface area contributed by atoms with Crippen LogP contribution in [0.3, 0.4) is 0 Å². The fourth-order valence-electron chi connectivity index (χ4n) is 2.33. The molecule has 0 heterocycles. The van der Waals surface area contributed by atoms with Gasteiger partial charge >= 0.3 is 0 Å². The van der Waals surface area contributed by atoms with Crippen LogP contribution in [0.5, 0.6) is 0 Å². The first-order valence-corrected chi connectivity index (χ1v) is 7.55. The molecule has 4 nitrogen and oxygen atoms in total. The fourth-order valence-corrected chi connectivity index (χ4v) is 2.33. The quantitative estimate of drug-likeness (QED) is 0.923. The van der Waals surface area contributed by atoms with Crippen LogP contribution in [0.1, 0.15) is 36.6 Å². The number of aliphatic hydroxyl groups excluding tert-OH is 1. The van der Waals surface area contributed by atoms with E-state index in [2.05, 4.69) is 6.07 Å². The van der Waals surface area contributed by atoms with Gasteiger partial charge in [-0.05, 0) is 37.1 Å². The van der Waals surface area contributed by atoms with Gasteiger partial charge in [-0.2, -0.15) is 5.26 Å². The van der Waals surface area contributed by atoms with Crippen molar-refractivity contribution in [3.8, 4) is 6.07 Å². The van der Waals surface area contributed by atoms with E-state index in [0.717, 1.165) is 5.56 Å². The monoisotopic (exact) mass is 308 g/mol. The minimum atomic E-state index is -1.17. The fraction of sp³-hybridized carbons (Fsp3) is 0.263. The molecule has 118 valence electrons. The molecular weight excluding hydrogens is 288 g/mol. The highest BCUT2D eigenvalue weighted by Crippen LogP contribution is 2.19. The largest absolute Gasteiger partial charge is 0.378 e. The highest BCUT2D eigenvalue weighted by Gasteiger charge is 2.25. The van der Waals surface area contributed by atoms with Gasteiger partial charge in [0.25, 0.3) is 5.91 Å². The van der Waals surface area contributed by atoms with Gasteiger partial charge in [-0.1, -0.05) is 42.5 Å². The Hall–Kier alpha value is -2.64. The normalized spacial score (nSPS) is 11.8. The molecule has 0 aromatic heterocycles. The molecule has 2 rings (SSSR count). The SMILES string of the molecule is CC(C)N(Cc1ccc(C#N)cc1)C(=O)C(O)c1ccccc1. The second kappa shape index (κ2) is 7.57. The van der Waals surface area contributed by atoms with E-state index in [1.165, 1.54) is 0 Å². The highest BCUT2D eigenvalue weighted by molar-refractivity contribution is 5.82. The molecule has 1 amide bonds. The number of hydrogen-bond donors (Lipinski definition) is 1. The van der Waals surface area contributed by atoms with E-state index < -0.39 is 6.10 Å². The average Bonchev–Trinajstić information content (AvgIpc) is 2.59. The van der Waals surface area contributed by atoms with Crippen LogP contribution in [0.4, 0.5) is 0 Å². The molecule has 0 aliphatic heterocycles. The lowest BCUT2D eigenvalue weighted by Gasteiger charge is -2.29. The third-order valence-corrected chi connectivity index (χ3v) is 3.69. The molecule has 0 fully saturated rings. The predicted octanol–water partition coefficient (Wildman–Crippen LogP) is 3.03. The topological polar surface area (TPSA) is 64.3 Å². The lowest BCUT2D eigenvalue weighted by molar-refractivity contribution is -0.143. The third-order valence-electron chi connectivity index (χ3n) is 3.69. The summed E-state index contributed by atoms with van der Waals surface area (Å²) in [7, 11) is 0. The van der Waals surface area contributed by atoms with Crippen molar-refractivity contribution in [1.82, 2.24) is 4.90 Å². The van der Waals surface area contributed by atoms with Gasteiger partial charge in [0.2, 0.25) is 0 Å². The summed E-state index contributed by atoms with van der Waals surface area (Å²) in [6.45, 7) is 4.23. The molecule has 0 aliphatic carbocycles. The van der Waals surface area contributed by atoms with E-state index in [-0.39, 0.29) is 11.9 Å². The number of nitrogens with zero attached hydrogens (tertiary/aromatic N) is 2. The van der Waals surface area contributed by atoms with Crippen LogP contribution in [0, 0.1) is 11.3 Å². The Labute approximate surface area is 136 Å². The number of aliphatic hydroxyl groups is 1. The Balaban J connectivity index is 2.17. The van der Waals surface area contributed by atoms with Gasteiger partial charge in [-0.25, -0.2) is 0 Å². The number of carbonyl (C=O) groups excluding carboxylic acids is 1.